The topological polar surface area (TPSA) is 108 Å². The number of benzene rings is 1. The Kier molecular flexibility index (Phi) is 5.86. The quantitative estimate of drug-likeness (QED) is 0.454. The lowest BCUT2D eigenvalue weighted by Crippen LogP contribution is -2.36. The lowest BCUT2D eigenvalue weighted by atomic mass is 9.75. The molecule has 0 aliphatic carbocycles. The van der Waals surface area contributed by atoms with Crippen LogP contribution in [0.1, 0.15) is 32.3 Å². The summed E-state index contributed by atoms with van der Waals surface area (Å²) in [7, 11) is 1.25. The summed E-state index contributed by atoms with van der Waals surface area (Å²) in [6.45, 7) is 5.14. The fourth-order valence-corrected chi connectivity index (χ4v) is 3.14. The van der Waals surface area contributed by atoms with Gasteiger partial charge in [0, 0.05) is 29.5 Å². The Morgan fingerprint density at radius 3 is 2.58 bits per heavy atom. The van der Waals surface area contributed by atoms with E-state index in [0.29, 0.717) is 17.0 Å². The number of ether oxygens (including phenoxy) is 2. The van der Waals surface area contributed by atoms with Crippen LogP contribution in [0.15, 0.2) is 40.5 Å². The molecule has 1 unspecified atom stereocenters. The van der Waals surface area contributed by atoms with E-state index in [1.165, 1.54) is 25.3 Å². The third-order valence-electron chi connectivity index (χ3n) is 4.22. The smallest absolute Gasteiger partial charge is 0.336 e. The van der Waals surface area contributed by atoms with E-state index in [-0.39, 0.29) is 17.9 Å². The first kappa shape index (κ1) is 19.3. The van der Waals surface area contributed by atoms with Gasteiger partial charge in [-0.05, 0) is 26.3 Å². The molecule has 26 heavy (non-hydrogen) atoms. The second-order valence-corrected chi connectivity index (χ2v) is 5.80. The van der Waals surface area contributed by atoms with Gasteiger partial charge in [-0.25, -0.2) is 4.79 Å². The van der Waals surface area contributed by atoms with Crippen molar-refractivity contribution in [1.82, 2.24) is 0 Å². The number of carbonyl (C=O) groups is 2. The molecule has 1 aliphatic heterocycles. The molecule has 0 fully saturated rings. The van der Waals surface area contributed by atoms with Gasteiger partial charge in [0.2, 0.25) is 0 Å². The number of nitro groups is 1. The van der Waals surface area contributed by atoms with Crippen molar-refractivity contribution in [2.75, 3.05) is 13.7 Å². The maximum Gasteiger partial charge on any atom is 0.336 e. The van der Waals surface area contributed by atoms with Gasteiger partial charge in [-0.15, -0.1) is 0 Å². The van der Waals surface area contributed by atoms with Crippen LogP contribution in [0.4, 0.5) is 5.69 Å². The molecule has 0 saturated heterocycles. The molecule has 2 atom stereocenters. The number of non-ortho nitro benzene ring substituents is 1. The van der Waals surface area contributed by atoms with Gasteiger partial charge in [0.25, 0.3) is 5.69 Å². The van der Waals surface area contributed by atoms with Crippen molar-refractivity contribution < 1.29 is 24.0 Å². The number of allylic oxidation sites excluding steroid dienone is 1. The van der Waals surface area contributed by atoms with Crippen molar-refractivity contribution in [2.24, 2.45) is 10.9 Å². The summed E-state index contributed by atoms with van der Waals surface area (Å²) >= 11 is 0. The zero-order chi connectivity index (χ0) is 19.4. The van der Waals surface area contributed by atoms with Crippen LogP contribution < -0.4 is 0 Å². The number of rotatable bonds is 5. The molecule has 2 rings (SSSR count). The summed E-state index contributed by atoms with van der Waals surface area (Å²) in [5, 5.41) is 11.1. The SMILES string of the molecule is CCOC(=O)C1=C(C)N=C(C)C(C(=O)OC)[C@H]1c1cccc([N+](=O)[O-])c1. The van der Waals surface area contributed by atoms with Crippen LogP contribution in [0.2, 0.25) is 0 Å². The van der Waals surface area contributed by atoms with E-state index in [1.807, 2.05) is 0 Å². The standard InChI is InChI=1S/C18H20N2O6/c1-5-26-18(22)15-11(3)19-10(2)14(17(21)25-4)16(15)12-7-6-8-13(9-12)20(23)24/h6-9,14,16H,5H2,1-4H3/t14?,16-/m1/s1. The summed E-state index contributed by atoms with van der Waals surface area (Å²) < 4.78 is 10.0. The van der Waals surface area contributed by atoms with E-state index < -0.39 is 28.7 Å². The molecule has 0 N–H and O–H groups in total. The molecule has 1 heterocycles. The molecule has 1 aliphatic rings. The predicted octanol–water partition coefficient (Wildman–Crippen LogP) is 2.78. The Hall–Kier alpha value is -3.03. The minimum atomic E-state index is -0.870. The number of nitrogens with zero attached hydrogens (tertiary/aromatic N) is 2. The van der Waals surface area contributed by atoms with Gasteiger partial charge in [0.05, 0.1) is 24.2 Å². The minimum absolute atomic E-state index is 0.132. The number of hydrogen-bond donors (Lipinski definition) is 0. The summed E-state index contributed by atoms with van der Waals surface area (Å²) in [4.78, 5) is 39.9. The van der Waals surface area contributed by atoms with Gasteiger partial charge in [0.15, 0.2) is 0 Å². The predicted molar refractivity (Wildman–Crippen MR) is 93.8 cm³/mol. The van der Waals surface area contributed by atoms with E-state index in [1.54, 1.807) is 26.8 Å². The van der Waals surface area contributed by atoms with Crippen molar-refractivity contribution in [3.8, 4) is 0 Å². The molecule has 138 valence electrons. The van der Waals surface area contributed by atoms with Crippen LogP contribution in [0, 0.1) is 16.0 Å². The van der Waals surface area contributed by atoms with Gasteiger partial charge in [-0.2, -0.15) is 0 Å². The third kappa shape index (κ3) is 3.63. The average molecular weight is 360 g/mol. The monoisotopic (exact) mass is 360 g/mol. The summed E-state index contributed by atoms with van der Waals surface area (Å²) in [5.74, 6) is -2.83. The van der Waals surface area contributed by atoms with Gasteiger partial charge in [0.1, 0.15) is 5.92 Å². The highest BCUT2D eigenvalue weighted by molar-refractivity contribution is 6.07. The van der Waals surface area contributed by atoms with Gasteiger partial charge in [-0.3, -0.25) is 19.9 Å². The summed E-state index contributed by atoms with van der Waals surface area (Å²) in [6, 6.07) is 5.85. The first-order valence-corrected chi connectivity index (χ1v) is 8.07. The Morgan fingerprint density at radius 1 is 1.31 bits per heavy atom. The highest BCUT2D eigenvalue weighted by atomic mass is 16.6. The van der Waals surface area contributed by atoms with Crippen molar-refractivity contribution in [1.29, 1.82) is 0 Å². The second kappa shape index (κ2) is 7.90. The first-order valence-electron chi connectivity index (χ1n) is 8.07. The maximum absolute atomic E-state index is 12.5. The van der Waals surface area contributed by atoms with E-state index >= 15 is 0 Å². The van der Waals surface area contributed by atoms with E-state index in [0.717, 1.165) is 0 Å². The Bertz CT molecular complexity index is 812. The molecular formula is C18H20N2O6. The number of methoxy groups -OCH3 is 1. The molecule has 8 nitrogen and oxygen atoms in total. The number of carbonyl (C=O) groups excluding carboxylic acids is 2. The number of hydrogen-bond acceptors (Lipinski definition) is 7. The fourth-order valence-electron chi connectivity index (χ4n) is 3.14. The van der Waals surface area contributed by atoms with Crippen molar-refractivity contribution in [3.05, 3.63) is 51.2 Å². The molecule has 0 bridgehead atoms. The third-order valence-corrected chi connectivity index (χ3v) is 4.22. The Balaban J connectivity index is 2.68. The highest BCUT2D eigenvalue weighted by Gasteiger charge is 2.42. The molecule has 0 amide bonds. The Labute approximate surface area is 150 Å². The molecule has 1 aromatic rings. The van der Waals surface area contributed by atoms with Crippen LogP contribution in [0.25, 0.3) is 0 Å². The molecule has 1 aromatic carbocycles. The highest BCUT2D eigenvalue weighted by Crippen LogP contribution is 2.40. The van der Waals surface area contributed by atoms with Crippen LogP contribution in [-0.4, -0.2) is 36.3 Å². The zero-order valence-electron chi connectivity index (χ0n) is 15.0. The molecule has 8 heteroatoms. The average Bonchev–Trinajstić information content (AvgIpc) is 2.60. The number of esters is 2. The maximum atomic E-state index is 12.5. The summed E-state index contributed by atoms with van der Waals surface area (Å²) in [6.07, 6.45) is 0. The molecule has 0 spiro atoms. The molecule has 0 saturated carbocycles. The number of nitro benzene ring substituents is 1. The Morgan fingerprint density at radius 2 is 2.00 bits per heavy atom. The van der Waals surface area contributed by atoms with Crippen LogP contribution in [-0.2, 0) is 19.1 Å². The lowest BCUT2D eigenvalue weighted by Gasteiger charge is -2.31. The lowest BCUT2D eigenvalue weighted by molar-refractivity contribution is -0.384. The normalized spacial score (nSPS) is 19.6. The van der Waals surface area contributed by atoms with Gasteiger partial charge in [-0.1, -0.05) is 12.1 Å². The van der Waals surface area contributed by atoms with E-state index in [2.05, 4.69) is 4.99 Å². The van der Waals surface area contributed by atoms with Gasteiger partial charge >= 0.3 is 11.9 Å². The zero-order valence-corrected chi connectivity index (χ0v) is 15.0. The van der Waals surface area contributed by atoms with Crippen LogP contribution in [0.5, 0.6) is 0 Å². The summed E-state index contributed by atoms with van der Waals surface area (Å²) in [5.41, 5.74) is 1.41. The molecule has 0 radical (unpaired) electrons. The fraction of sp³-hybridized carbons (Fsp3) is 0.389. The number of aliphatic imine (C=N–C) groups is 1. The van der Waals surface area contributed by atoms with Crippen molar-refractivity contribution in [3.63, 3.8) is 0 Å². The largest absolute Gasteiger partial charge is 0.468 e. The molecule has 0 aromatic heterocycles. The van der Waals surface area contributed by atoms with Crippen LogP contribution >= 0.6 is 0 Å². The minimum Gasteiger partial charge on any atom is -0.468 e. The van der Waals surface area contributed by atoms with Crippen molar-refractivity contribution in [2.45, 2.75) is 26.7 Å². The van der Waals surface area contributed by atoms with Crippen molar-refractivity contribution >= 4 is 23.3 Å². The first-order chi connectivity index (χ1) is 12.3. The van der Waals surface area contributed by atoms with Crippen LogP contribution in [0.3, 0.4) is 0 Å². The second-order valence-electron chi connectivity index (χ2n) is 5.80. The van der Waals surface area contributed by atoms with E-state index in [9.17, 15) is 19.7 Å². The van der Waals surface area contributed by atoms with Gasteiger partial charge < -0.3 is 9.47 Å². The molecular weight excluding hydrogens is 340 g/mol. The van der Waals surface area contributed by atoms with E-state index in [4.69, 9.17) is 9.47 Å².